The number of aromatic nitrogens is 2. The Hall–Kier alpha value is -4.39. The number of para-hydroxylation sites is 1. The zero-order valence-electron chi connectivity index (χ0n) is 19.2. The minimum absolute atomic E-state index is 0.626. The molecule has 3 aromatic carbocycles. The van der Waals surface area contributed by atoms with E-state index < -0.39 is 0 Å². The van der Waals surface area contributed by atoms with Gasteiger partial charge < -0.3 is 13.9 Å². The summed E-state index contributed by atoms with van der Waals surface area (Å²) in [6, 6.07) is 21.6. The summed E-state index contributed by atoms with van der Waals surface area (Å²) in [5.74, 6) is 2.58. The molecule has 0 spiro atoms. The number of nitrogens with zero attached hydrogens (tertiary/aromatic N) is 3. The predicted molar refractivity (Wildman–Crippen MR) is 133 cm³/mol. The summed E-state index contributed by atoms with van der Waals surface area (Å²) in [4.78, 5) is 8.71. The molecule has 7 heteroatoms. The maximum absolute atomic E-state index is 6.27. The Labute approximate surface area is 196 Å². The molecule has 170 valence electrons. The third kappa shape index (κ3) is 4.03. The van der Waals surface area contributed by atoms with Crippen LogP contribution in [0.3, 0.4) is 0 Å². The second-order valence-corrected chi connectivity index (χ2v) is 7.71. The summed E-state index contributed by atoms with van der Waals surface area (Å²) in [6.45, 7) is 2.12. The average Bonchev–Trinajstić information content (AvgIpc) is 2.90. The summed E-state index contributed by atoms with van der Waals surface area (Å²) >= 11 is 0. The minimum Gasteiger partial charge on any atom is -0.493 e. The van der Waals surface area contributed by atoms with Crippen LogP contribution in [0.25, 0.3) is 33.2 Å². The summed E-state index contributed by atoms with van der Waals surface area (Å²) < 4.78 is 17.1. The predicted octanol–water partition coefficient (Wildman–Crippen LogP) is 5.55. The molecule has 0 aliphatic rings. The van der Waals surface area contributed by atoms with Crippen LogP contribution in [0.15, 0.2) is 82.6 Å². The SMILES string of the molecule is CCc1ccc2oc(-c3ccc(OC)c(OC)c3)c/c(=N\Nc3ncnc4ccccc34)c2c1. The normalized spacial score (nSPS) is 11.7. The summed E-state index contributed by atoms with van der Waals surface area (Å²) in [6.07, 6.45) is 2.44. The molecule has 0 unspecified atom stereocenters. The van der Waals surface area contributed by atoms with Crippen LogP contribution in [-0.2, 0) is 6.42 Å². The lowest BCUT2D eigenvalue weighted by molar-refractivity contribution is 0.355. The Morgan fingerprint density at radius 3 is 2.56 bits per heavy atom. The molecule has 2 aromatic heterocycles. The largest absolute Gasteiger partial charge is 0.493 e. The Morgan fingerprint density at radius 1 is 0.882 bits per heavy atom. The van der Waals surface area contributed by atoms with Crippen molar-refractivity contribution in [3.63, 3.8) is 0 Å². The Bertz CT molecular complexity index is 1550. The molecule has 0 bridgehead atoms. The number of methoxy groups -OCH3 is 2. The highest BCUT2D eigenvalue weighted by molar-refractivity contribution is 5.88. The van der Waals surface area contributed by atoms with E-state index in [-0.39, 0.29) is 0 Å². The molecule has 5 aromatic rings. The average molecular weight is 453 g/mol. The second kappa shape index (κ2) is 9.23. The number of hydrogen-bond acceptors (Lipinski definition) is 7. The third-order valence-electron chi connectivity index (χ3n) is 5.71. The van der Waals surface area contributed by atoms with Gasteiger partial charge in [0.25, 0.3) is 0 Å². The molecular weight excluding hydrogens is 428 g/mol. The first-order chi connectivity index (χ1) is 16.7. The Morgan fingerprint density at radius 2 is 1.74 bits per heavy atom. The number of rotatable bonds is 6. The van der Waals surface area contributed by atoms with Crippen LogP contribution in [0, 0.1) is 0 Å². The van der Waals surface area contributed by atoms with Gasteiger partial charge in [-0.2, -0.15) is 5.10 Å². The van der Waals surface area contributed by atoms with Gasteiger partial charge in [0.15, 0.2) is 17.3 Å². The van der Waals surface area contributed by atoms with Gasteiger partial charge in [-0.1, -0.05) is 25.1 Å². The fourth-order valence-corrected chi connectivity index (χ4v) is 3.87. The van der Waals surface area contributed by atoms with Crippen LogP contribution in [-0.4, -0.2) is 24.2 Å². The zero-order valence-corrected chi connectivity index (χ0v) is 19.2. The van der Waals surface area contributed by atoms with Crippen LogP contribution in [0.5, 0.6) is 11.5 Å². The van der Waals surface area contributed by atoms with E-state index in [0.29, 0.717) is 23.1 Å². The van der Waals surface area contributed by atoms with E-state index in [0.717, 1.165) is 39.2 Å². The van der Waals surface area contributed by atoms with Gasteiger partial charge >= 0.3 is 0 Å². The molecule has 0 fully saturated rings. The lowest BCUT2D eigenvalue weighted by Crippen LogP contribution is -2.09. The molecule has 0 radical (unpaired) electrons. The van der Waals surface area contributed by atoms with Crippen molar-refractivity contribution in [3.8, 4) is 22.8 Å². The lowest BCUT2D eigenvalue weighted by atomic mass is 10.1. The Kier molecular flexibility index (Phi) is 5.82. The van der Waals surface area contributed by atoms with Crippen molar-refractivity contribution >= 4 is 27.7 Å². The standard InChI is InChI=1S/C27H24N4O3/c1-4-17-9-11-23-20(13-17)22(30-31-27-19-7-5-6-8-21(19)28-16-29-27)15-25(34-23)18-10-12-24(32-2)26(14-18)33-3/h5-16H,4H2,1-3H3,(H,28,29,31)/b30-22+. The summed E-state index contributed by atoms with van der Waals surface area (Å²) in [5.41, 5.74) is 6.77. The topological polar surface area (TPSA) is 81.8 Å². The van der Waals surface area contributed by atoms with Crippen molar-refractivity contribution < 1.29 is 13.9 Å². The molecule has 7 nitrogen and oxygen atoms in total. The number of nitrogens with one attached hydrogen (secondary N) is 1. The van der Waals surface area contributed by atoms with Crippen LogP contribution >= 0.6 is 0 Å². The number of ether oxygens (including phenoxy) is 2. The monoisotopic (exact) mass is 452 g/mol. The first-order valence-electron chi connectivity index (χ1n) is 11.0. The van der Waals surface area contributed by atoms with Crippen molar-refractivity contribution in [3.05, 3.63) is 84.0 Å². The number of fused-ring (bicyclic) bond motifs is 2. The maximum Gasteiger partial charge on any atom is 0.161 e. The van der Waals surface area contributed by atoms with Crippen LogP contribution in [0.1, 0.15) is 12.5 Å². The summed E-state index contributed by atoms with van der Waals surface area (Å²) in [7, 11) is 3.23. The highest BCUT2D eigenvalue weighted by atomic mass is 16.5. The molecule has 5 rings (SSSR count). The number of hydrogen-bond donors (Lipinski definition) is 1. The van der Waals surface area contributed by atoms with Gasteiger partial charge in [-0.05, 0) is 54.4 Å². The van der Waals surface area contributed by atoms with Crippen molar-refractivity contribution in [2.75, 3.05) is 19.6 Å². The van der Waals surface area contributed by atoms with Gasteiger partial charge in [-0.15, -0.1) is 0 Å². The fraction of sp³-hybridized carbons (Fsp3) is 0.148. The number of anilines is 1. The van der Waals surface area contributed by atoms with Crippen molar-refractivity contribution in [2.24, 2.45) is 5.10 Å². The third-order valence-corrected chi connectivity index (χ3v) is 5.71. The first-order valence-corrected chi connectivity index (χ1v) is 11.0. The molecule has 0 aliphatic carbocycles. The van der Waals surface area contributed by atoms with Gasteiger partial charge in [0.05, 0.1) is 25.1 Å². The maximum atomic E-state index is 6.27. The van der Waals surface area contributed by atoms with Gasteiger partial charge in [-0.25, -0.2) is 9.97 Å². The molecule has 0 saturated carbocycles. The quantitative estimate of drug-likeness (QED) is 0.340. The zero-order chi connectivity index (χ0) is 23.5. The van der Waals surface area contributed by atoms with Crippen LogP contribution in [0.2, 0.25) is 0 Å². The fourth-order valence-electron chi connectivity index (χ4n) is 3.87. The van der Waals surface area contributed by atoms with Crippen molar-refractivity contribution in [1.82, 2.24) is 9.97 Å². The molecule has 0 aliphatic heterocycles. The first kappa shape index (κ1) is 21.5. The minimum atomic E-state index is 0.626. The van der Waals surface area contributed by atoms with E-state index >= 15 is 0 Å². The molecule has 2 heterocycles. The van der Waals surface area contributed by atoms with Crippen LogP contribution in [0.4, 0.5) is 5.82 Å². The van der Waals surface area contributed by atoms with E-state index in [1.54, 1.807) is 14.2 Å². The number of benzene rings is 3. The smallest absolute Gasteiger partial charge is 0.161 e. The van der Waals surface area contributed by atoms with Gasteiger partial charge in [0, 0.05) is 22.4 Å². The van der Waals surface area contributed by atoms with E-state index in [1.807, 2.05) is 54.6 Å². The molecule has 1 N–H and O–H groups in total. The molecular formula is C27H24N4O3. The number of aryl methyl sites for hydroxylation is 1. The summed E-state index contributed by atoms with van der Waals surface area (Å²) in [5, 5.41) is 7.28. The lowest BCUT2D eigenvalue weighted by Gasteiger charge is -2.10. The molecule has 0 atom stereocenters. The van der Waals surface area contributed by atoms with Crippen LogP contribution < -0.4 is 20.3 Å². The Balaban J connectivity index is 1.67. The van der Waals surface area contributed by atoms with Crippen molar-refractivity contribution in [2.45, 2.75) is 13.3 Å². The van der Waals surface area contributed by atoms with E-state index in [1.165, 1.54) is 11.9 Å². The van der Waals surface area contributed by atoms with Gasteiger partial charge in [0.1, 0.15) is 17.7 Å². The highest BCUT2D eigenvalue weighted by Gasteiger charge is 2.11. The molecule has 34 heavy (non-hydrogen) atoms. The van der Waals surface area contributed by atoms with E-state index in [9.17, 15) is 0 Å². The highest BCUT2D eigenvalue weighted by Crippen LogP contribution is 2.33. The van der Waals surface area contributed by atoms with Crippen molar-refractivity contribution in [1.29, 1.82) is 0 Å². The van der Waals surface area contributed by atoms with Gasteiger partial charge in [0.2, 0.25) is 0 Å². The molecule has 0 saturated heterocycles. The van der Waals surface area contributed by atoms with E-state index in [2.05, 4.69) is 34.5 Å². The second-order valence-electron chi connectivity index (χ2n) is 7.71. The molecule has 0 amide bonds. The van der Waals surface area contributed by atoms with E-state index in [4.69, 9.17) is 19.0 Å². The van der Waals surface area contributed by atoms with Gasteiger partial charge in [-0.3, -0.25) is 5.43 Å².